The van der Waals surface area contributed by atoms with Gasteiger partial charge in [0.2, 0.25) is 13.1 Å². The van der Waals surface area contributed by atoms with Gasteiger partial charge in [-0.1, -0.05) is 0 Å². The van der Waals surface area contributed by atoms with Gasteiger partial charge in [0.1, 0.15) is 0 Å². The van der Waals surface area contributed by atoms with Crippen molar-refractivity contribution >= 4 is 12.1 Å². The summed E-state index contributed by atoms with van der Waals surface area (Å²) in [6, 6.07) is 4.87. The number of rotatable bonds is 3. The summed E-state index contributed by atoms with van der Waals surface area (Å²) in [6.45, 7) is 3.23. The van der Waals surface area contributed by atoms with Crippen molar-refractivity contribution < 1.29 is 19.1 Å². The van der Waals surface area contributed by atoms with Crippen molar-refractivity contribution in [2.45, 2.75) is 13.8 Å². The summed E-state index contributed by atoms with van der Waals surface area (Å²) < 4.78 is 10.3. The van der Waals surface area contributed by atoms with Gasteiger partial charge < -0.3 is 9.47 Å². The van der Waals surface area contributed by atoms with Gasteiger partial charge in [-0.15, -0.1) is 0 Å². The molecule has 1 heterocycles. The van der Waals surface area contributed by atoms with E-state index in [1.165, 1.54) is 13.8 Å². The Morgan fingerprint density at radius 1 is 1.31 bits per heavy atom. The fourth-order valence-electron chi connectivity index (χ4n) is 1.44. The van der Waals surface area contributed by atoms with Crippen LogP contribution in [0.1, 0.15) is 24.2 Å². The van der Waals surface area contributed by atoms with E-state index in [1.54, 1.807) is 24.5 Å². The highest BCUT2D eigenvalue weighted by atomic mass is 16.7. The third kappa shape index (κ3) is 1.66. The first-order chi connectivity index (χ1) is 7.54. The maximum Gasteiger partial charge on any atom is 0.231 e. The molecule has 0 N–H and O–H groups in total. The van der Waals surface area contributed by atoms with E-state index in [1.807, 2.05) is 0 Å². The van der Waals surface area contributed by atoms with Crippen molar-refractivity contribution in [2.75, 3.05) is 6.79 Å². The van der Waals surface area contributed by atoms with E-state index in [-0.39, 0.29) is 12.6 Å². The maximum atomic E-state index is 11.9. The van der Waals surface area contributed by atoms with E-state index in [0.29, 0.717) is 17.1 Å². The number of ether oxygens (including phenoxy) is 2. The standard InChI is InChI=1S/C12H11O4/c1-12(2,6-13)11(14)8-3-4-9-10(5-8)16-7-15-9/h3-5H,7H2,1-2H3. The fraction of sp³-hybridized carbons (Fsp3) is 0.333. The Balaban J connectivity index is 2.35. The van der Waals surface area contributed by atoms with Crippen molar-refractivity contribution in [1.82, 2.24) is 0 Å². The van der Waals surface area contributed by atoms with Crippen LogP contribution >= 0.6 is 0 Å². The third-order valence-electron chi connectivity index (χ3n) is 2.46. The van der Waals surface area contributed by atoms with E-state index < -0.39 is 5.41 Å². The van der Waals surface area contributed by atoms with Crippen LogP contribution in [0.2, 0.25) is 0 Å². The lowest BCUT2D eigenvalue weighted by atomic mass is 9.86. The van der Waals surface area contributed by atoms with E-state index in [9.17, 15) is 9.59 Å². The van der Waals surface area contributed by atoms with Crippen LogP contribution in [0.15, 0.2) is 18.2 Å². The zero-order valence-corrected chi connectivity index (χ0v) is 9.07. The number of hydrogen-bond donors (Lipinski definition) is 0. The molecule has 0 fully saturated rings. The molecule has 0 atom stereocenters. The van der Waals surface area contributed by atoms with Crippen molar-refractivity contribution in [2.24, 2.45) is 5.41 Å². The van der Waals surface area contributed by atoms with Crippen LogP contribution in [-0.4, -0.2) is 18.9 Å². The molecule has 0 spiro atoms. The van der Waals surface area contributed by atoms with E-state index in [4.69, 9.17) is 9.47 Å². The van der Waals surface area contributed by atoms with Gasteiger partial charge in [-0.2, -0.15) is 0 Å². The second-order valence-corrected chi connectivity index (χ2v) is 4.12. The van der Waals surface area contributed by atoms with Crippen LogP contribution in [-0.2, 0) is 4.79 Å². The summed E-state index contributed by atoms with van der Waals surface area (Å²) in [4.78, 5) is 22.6. The van der Waals surface area contributed by atoms with E-state index >= 15 is 0 Å². The molecule has 1 aliphatic heterocycles. The number of fused-ring (bicyclic) bond motifs is 1. The van der Waals surface area contributed by atoms with E-state index in [2.05, 4.69) is 0 Å². The highest BCUT2D eigenvalue weighted by molar-refractivity contribution is 6.08. The molecule has 1 aromatic carbocycles. The predicted octanol–water partition coefficient (Wildman–Crippen LogP) is 1.73. The smallest absolute Gasteiger partial charge is 0.231 e. The first-order valence-electron chi connectivity index (χ1n) is 4.88. The average molecular weight is 219 g/mol. The molecule has 0 unspecified atom stereocenters. The molecule has 1 aromatic rings. The van der Waals surface area contributed by atoms with Crippen molar-refractivity contribution in [1.29, 1.82) is 0 Å². The Hall–Kier alpha value is -1.84. The first kappa shape index (κ1) is 10.7. The molecule has 0 amide bonds. The highest BCUT2D eigenvalue weighted by Gasteiger charge is 2.30. The number of Topliss-reactive ketones (excluding diaryl/α,β-unsaturated/α-hetero) is 1. The van der Waals surface area contributed by atoms with Crippen LogP contribution in [0.5, 0.6) is 11.5 Å². The van der Waals surface area contributed by atoms with Gasteiger partial charge in [0.05, 0.1) is 5.41 Å². The Labute approximate surface area is 93.2 Å². The Morgan fingerprint density at radius 3 is 2.69 bits per heavy atom. The van der Waals surface area contributed by atoms with Crippen LogP contribution in [0, 0.1) is 5.41 Å². The minimum Gasteiger partial charge on any atom is -0.454 e. The van der Waals surface area contributed by atoms with Gasteiger partial charge in [-0.3, -0.25) is 9.59 Å². The number of hydrogen-bond acceptors (Lipinski definition) is 4. The van der Waals surface area contributed by atoms with E-state index in [0.717, 1.165) is 0 Å². The molecule has 4 heteroatoms. The van der Waals surface area contributed by atoms with Crippen LogP contribution in [0.3, 0.4) is 0 Å². The van der Waals surface area contributed by atoms with Gasteiger partial charge in [0.25, 0.3) is 0 Å². The molecule has 0 aliphatic carbocycles. The SMILES string of the molecule is CC(C)([C]=O)C(=O)c1ccc2c(c1)OCO2. The number of ketones is 1. The summed E-state index contributed by atoms with van der Waals surface area (Å²) in [7, 11) is 0. The predicted molar refractivity (Wildman–Crippen MR) is 56.4 cm³/mol. The lowest BCUT2D eigenvalue weighted by molar-refractivity contribution is 0.0899. The van der Waals surface area contributed by atoms with Crippen molar-refractivity contribution in [3.8, 4) is 11.5 Å². The van der Waals surface area contributed by atoms with Crippen molar-refractivity contribution in [3.63, 3.8) is 0 Å². The molecule has 1 radical (unpaired) electrons. The second-order valence-electron chi connectivity index (χ2n) is 4.12. The molecular formula is C12H11O4. The molecule has 0 saturated carbocycles. The summed E-state index contributed by atoms with van der Waals surface area (Å²) >= 11 is 0. The highest BCUT2D eigenvalue weighted by Crippen LogP contribution is 2.34. The monoisotopic (exact) mass is 219 g/mol. The molecule has 4 nitrogen and oxygen atoms in total. The number of carbonyl (C=O) groups excluding carboxylic acids is 2. The summed E-state index contributed by atoms with van der Waals surface area (Å²) in [5, 5.41) is 0. The normalized spacial score (nSPS) is 13.6. The van der Waals surface area contributed by atoms with Gasteiger partial charge in [-0.05, 0) is 32.0 Å². The summed E-state index contributed by atoms with van der Waals surface area (Å²) in [5.74, 6) is 0.873. The lowest BCUT2D eigenvalue weighted by Crippen LogP contribution is -2.25. The van der Waals surface area contributed by atoms with Gasteiger partial charge in [0, 0.05) is 5.56 Å². The Bertz CT molecular complexity index is 448. The van der Waals surface area contributed by atoms with Gasteiger partial charge in [-0.25, -0.2) is 0 Å². The molecule has 16 heavy (non-hydrogen) atoms. The number of benzene rings is 1. The molecule has 0 bridgehead atoms. The lowest BCUT2D eigenvalue weighted by Gasteiger charge is -2.14. The molecule has 0 aromatic heterocycles. The molecule has 1 aliphatic rings. The average Bonchev–Trinajstić information content (AvgIpc) is 2.74. The summed E-state index contributed by atoms with van der Waals surface area (Å²) in [6.07, 6.45) is 1.74. The molecule has 0 saturated heterocycles. The summed E-state index contributed by atoms with van der Waals surface area (Å²) in [5.41, 5.74) is -0.703. The largest absolute Gasteiger partial charge is 0.454 e. The minimum atomic E-state index is -1.13. The fourth-order valence-corrected chi connectivity index (χ4v) is 1.44. The van der Waals surface area contributed by atoms with Gasteiger partial charge in [0.15, 0.2) is 17.3 Å². The molecule has 83 valence electrons. The third-order valence-corrected chi connectivity index (χ3v) is 2.46. The Kier molecular flexibility index (Phi) is 2.42. The topological polar surface area (TPSA) is 52.6 Å². The molecular weight excluding hydrogens is 208 g/mol. The second kappa shape index (κ2) is 3.63. The van der Waals surface area contributed by atoms with Crippen LogP contribution in [0.4, 0.5) is 0 Å². The van der Waals surface area contributed by atoms with Crippen LogP contribution < -0.4 is 9.47 Å². The quantitative estimate of drug-likeness (QED) is 0.574. The van der Waals surface area contributed by atoms with Gasteiger partial charge >= 0.3 is 0 Å². The maximum absolute atomic E-state index is 11.9. The van der Waals surface area contributed by atoms with Crippen molar-refractivity contribution in [3.05, 3.63) is 23.8 Å². The zero-order valence-electron chi connectivity index (χ0n) is 9.07. The van der Waals surface area contributed by atoms with Crippen LogP contribution in [0.25, 0.3) is 0 Å². The molecule has 2 rings (SSSR count). The zero-order chi connectivity index (χ0) is 11.8. The number of carbonyl (C=O) groups is 1. The first-order valence-corrected chi connectivity index (χ1v) is 4.88. The Morgan fingerprint density at radius 2 is 2.00 bits per heavy atom. The minimum absolute atomic E-state index is 0.163.